The third kappa shape index (κ3) is 6.16. The molecule has 0 spiro atoms. The lowest BCUT2D eigenvalue weighted by atomic mass is 10.1. The first-order valence-electron chi connectivity index (χ1n) is 10.0. The van der Waals surface area contributed by atoms with E-state index in [4.69, 9.17) is 25.5 Å². The molecule has 32 heavy (non-hydrogen) atoms. The molecule has 0 radical (unpaired) electrons. The van der Waals surface area contributed by atoms with E-state index >= 15 is 0 Å². The van der Waals surface area contributed by atoms with Gasteiger partial charge in [-0.05, 0) is 60.9 Å². The topological polar surface area (TPSA) is 84.5 Å². The summed E-state index contributed by atoms with van der Waals surface area (Å²) < 4.78 is 16.7. The molecule has 0 atom stereocenters. The molecule has 0 bridgehead atoms. The van der Waals surface area contributed by atoms with E-state index < -0.39 is 5.91 Å². The zero-order chi connectivity index (χ0) is 22.9. The number of rotatable bonds is 9. The van der Waals surface area contributed by atoms with Crippen LogP contribution < -0.4 is 14.8 Å². The number of amides is 1. The van der Waals surface area contributed by atoms with Crippen molar-refractivity contribution in [2.75, 3.05) is 13.2 Å². The van der Waals surface area contributed by atoms with Gasteiger partial charge in [0, 0.05) is 0 Å². The van der Waals surface area contributed by atoms with Crippen LogP contribution >= 0.6 is 11.6 Å². The van der Waals surface area contributed by atoms with E-state index in [0.717, 1.165) is 16.9 Å². The average Bonchev–Trinajstić information content (AvgIpc) is 3.30. The summed E-state index contributed by atoms with van der Waals surface area (Å²) in [6, 6.07) is 16.4. The van der Waals surface area contributed by atoms with E-state index in [9.17, 15) is 10.1 Å². The predicted molar refractivity (Wildman–Crippen MR) is 123 cm³/mol. The molecule has 3 aromatic rings. The van der Waals surface area contributed by atoms with Crippen LogP contribution in [0.2, 0.25) is 5.02 Å². The number of nitrogens with zero attached hydrogens (tertiary/aromatic N) is 1. The summed E-state index contributed by atoms with van der Waals surface area (Å²) in [6.45, 7) is 4.89. The Balaban J connectivity index is 1.56. The fourth-order valence-corrected chi connectivity index (χ4v) is 3.28. The van der Waals surface area contributed by atoms with Crippen LogP contribution in [-0.4, -0.2) is 19.1 Å². The van der Waals surface area contributed by atoms with Crippen LogP contribution in [0.15, 0.2) is 64.8 Å². The summed E-state index contributed by atoms with van der Waals surface area (Å²) in [5.41, 5.74) is 2.71. The van der Waals surface area contributed by atoms with Gasteiger partial charge in [-0.15, -0.1) is 0 Å². The van der Waals surface area contributed by atoms with E-state index in [0.29, 0.717) is 35.3 Å². The predicted octanol–water partition coefficient (Wildman–Crippen LogP) is 5.23. The van der Waals surface area contributed by atoms with E-state index in [2.05, 4.69) is 5.32 Å². The van der Waals surface area contributed by atoms with E-state index in [1.54, 1.807) is 30.3 Å². The van der Waals surface area contributed by atoms with Gasteiger partial charge in [-0.3, -0.25) is 4.79 Å². The molecule has 2 aromatic carbocycles. The maximum absolute atomic E-state index is 12.2. The highest BCUT2D eigenvalue weighted by atomic mass is 35.5. The molecule has 0 saturated heterocycles. The molecule has 3 rings (SSSR count). The van der Waals surface area contributed by atoms with Gasteiger partial charge < -0.3 is 19.2 Å². The minimum absolute atomic E-state index is 0.0386. The minimum atomic E-state index is -0.496. The molecule has 1 heterocycles. The Kier molecular flexibility index (Phi) is 7.96. The molecule has 0 aliphatic rings. The highest BCUT2D eigenvalue weighted by molar-refractivity contribution is 6.32. The Bertz CT molecular complexity index is 1130. The summed E-state index contributed by atoms with van der Waals surface area (Å²) in [4.78, 5) is 12.2. The van der Waals surface area contributed by atoms with E-state index in [-0.39, 0.29) is 12.1 Å². The SMILES string of the molecule is Cc1cccc(C)c1OCCOc1ccc(C=C(C#N)C(=O)NCc2ccco2)cc1Cl. The molecule has 7 heteroatoms. The number of nitriles is 1. The van der Waals surface area contributed by atoms with Crippen molar-refractivity contribution in [1.29, 1.82) is 5.26 Å². The lowest BCUT2D eigenvalue weighted by Gasteiger charge is -2.13. The highest BCUT2D eigenvalue weighted by Gasteiger charge is 2.11. The lowest BCUT2D eigenvalue weighted by Crippen LogP contribution is -2.23. The van der Waals surface area contributed by atoms with Gasteiger partial charge in [-0.2, -0.15) is 5.26 Å². The Hall–Kier alpha value is -3.69. The Morgan fingerprint density at radius 3 is 2.53 bits per heavy atom. The van der Waals surface area contributed by atoms with Crippen LogP contribution in [0.1, 0.15) is 22.5 Å². The van der Waals surface area contributed by atoms with Crippen molar-refractivity contribution in [3.05, 3.63) is 87.8 Å². The molecule has 0 fully saturated rings. The van der Waals surface area contributed by atoms with Gasteiger partial charge in [-0.25, -0.2) is 0 Å². The number of ether oxygens (including phenoxy) is 2. The standard InChI is InChI=1S/C25H23ClN2O4/c1-17-5-3-6-18(2)24(17)32-12-11-31-23-9-8-19(14-22(23)26)13-20(15-27)25(29)28-16-21-7-4-10-30-21/h3-10,13-14H,11-12,16H2,1-2H3,(H,28,29). The van der Waals surface area contributed by atoms with Crippen LogP contribution in [0.25, 0.3) is 6.08 Å². The molecule has 0 aliphatic heterocycles. The van der Waals surface area contributed by atoms with Crippen molar-refractivity contribution in [2.45, 2.75) is 20.4 Å². The second-order valence-corrected chi connectivity index (χ2v) is 7.45. The number of carbonyl (C=O) groups excluding carboxylic acids is 1. The molecule has 1 aromatic heterocycles. The van der Waals surface area contributed by atoms with Gasteiger partial charge in [-0.1, -0.05) is 35.9 Å². The number of para-hydroxylation sites is 1. The smallest absolute Gasteiger partial charge is 0.262 e. The number of halogens is 1. The number of hydrogen-bond acceptors (Lipinski definition) is 5. The van der Waals surface area contributed by atoms with Crippen LogP contribution in [0, 0.1) is 25.2 Å². The second-order valence-electron chi connectivity index (χ2n) is 7.04. The molecule has 6 nitrogen and oxygen atoms in total. The summed E-state index contributed by atoms with van der Waals surface area (Å²) in [6.07, 6.45) is 2.99. The third-order valence-electron chi connectivity index (χ3n) is 4.63. The summed E-state index contributed by atoms with van der Waals surface area (Å²) in [7, 11) is 0. The summed E-state index contributed by atoms with van der Waals surface area (Å²) >= 11 is 6.32. The molecule has 164 valence electrons. The quantitative estimate of drug-likeness (QED) is 0.274. The molecule has 1 amide bonds. The van der Waals surface area contributed by atoms with Crippen molar-refractivity contribution in [3.8, 4) is 17.6 Å². The van der Waals surface area contributed by atoms with E-state index in [1.807, 2.05) is 38.1 Å². The van der Waals surface area contributed by atoms with Gasteiger partial charge in [0.05, 0.1) is 17.8 Å². The van der Waals surface area contributed by atoms with Crippen molar-refractivity contribution in [3.63, 3.8) is 0 Å². The van der Waals surface area contributed by atoms with Crippen LogP contribution in [-0.2, 0) is 11.3 Å². The molecule has 0 saturated carbocycles. The monoisotopic (exact) mass is 450 g/mol. The van der Waals surface area contributed by atoms with Crippen LogP contribution in [0.3, 0.4) is 0 Å². The zero-order valence-corrected chi connectivity index (χ0v) is 18.6. The summed E-state index contributed by atoms with van der Waals surface area (Å²) in [5, 5.41) is 12.4. The number of furan rings is 1. The Labute approximate surface area is 192 Å². The van der Waals surface area contributed by atoms with Crippen molar-refractivity contribution in [2.24, 2.45) is 0 Å². The van der Waals surface area contributed by atoms with Gasteiger partial charge in [0.1, 0.15) is 42.1 Å². The highest BCUT2D eigenvalue weighted by Crippen LogP contribution is 2.27. The number of benzene rings is 2. The third-order valence-corrected chi connectivity index (χ3v) is 4.93. The second kappa shape index (κ2) is 11.1. The first-order valence-corrected chi connectivity index (χ1v) is 10.4. The molecule has 0 unspecified atom stereocenters. The van der Waals surface area contributed by atoms with Crippen molar-refractivity contribution in [1.82, 2.24) is 5.32 Å². The number of carbonyl (C=O) groups is 1. The summed E-state index contributed by atoms with van der Waals surface area (Å²) in [5.74, 6) is 1.46. The minimum Gasteiger partial charge on any atom is -0.489 e. The first-order chi connectivity index (χ1) is 15.5. The zero-order valence-electron chi connectivity index (χ0n) is 17.9. The fraction of sp³-hybridized carbons (Fsp3) is 0.200. The fourth-order valence-electron chi connectivity index (χ4n) is 3.04. The molecular formula is C25H23ClN2O4. The number of nitrogens with one attached hydrogen (secondary N) is 1. The van der Waals surface area contributed by atoms with Crippen LogP contribution in [0.4, 0.5) is 0 Å². The van der Waals surface area contributed by atoms with Gasteiger partial charge in [0.25, 0.3) is 5.91 Å². The lowest BCUT2D eigenvalue weighted by molar-refractivity contribution is -0.117. The first kappa shape index (κ1) is 23.0. The van der Waals surface area contributed by atoms with Gasteiger partial charge in [0.15, 0.2) is 0 Å². The van der Waals surface area contributed by atoms with Crippen LogP contribution in [0.5, 0.6) is 11.5 Å². The average molecular weight is 451 g/mol. The number of aryl methyl sites for hydroxylation is 2. The molecule has 1 N–H and O–H groups in total. The molecular weight excluding hydrogens is 428 g/mol. The molecule has 0 aliphatic carbocycles. The van der Waals surface area contributed by atoms with Crippen molar-refractivity contribution >= 4 is 23.6 Å². The largest absolute Gasteiger partial charge is 0.489 e. The number of hydrogen-bond donors (Lipinski definition) is 1. The van der Waals surface area contributed by atoms with Gasteiger partial charge >= 0.3 is 0 Å². The van der Waals surface area contributed by atoms with Gasteiger partial charge in [0.2, 0.25) is 0 Å². The maximum atomic E-state index is 12.2. The van der Waals surface area contributed by atoms with Crippen molar-refractivity contribution < 1.29 is 18.7 Å². The maximum Gasteiger partial charge on any atom is 0.262 e. The Morgan fingerprint density at radius 1 is 1.12 bits per heavy atom. The Morgan fingerprint density at radius 2 is 1.88 bits per heavy atom. The van der Waals surface area contributed by atoms with E-state index in [1.165, 1.54) is 12.3 Å². The normalized spacial score (nSPS) is 11.0.